The quantitative estimate of drug-likeness (QED) is 0.612. The van der Waals surface area contributed by atoms with Gasteiger partial charge in [-0.2, -0.15) is 0 Å². The van der Waals surface area contributed by atoms with E-state index in [1.165, 1.54) is 31.2 Å². The monoisotopic (exact) mass is 329 g/mol. The highest BCUT2D eigenvalue weighted by molar-refractivity contribution is 5.77. The normalized spacial score (nSPS) is 11.5. The van der Waals surface area contributed by atoms with Gasteiger partial charge in [-0.1, -0.05) is 12.1 Å². The second-order valence-electron chi connectivity index (χ2n) is 5.26. The van der Waals surface area contributed by atoms with Gasteiger partial charge in [0.05, 0.1) is 15.9 Å². The van der Waals surface area contributed by atoms with Gasteiger partial charge in [-0.15, -0.1) is 0 Å². The maximum absolute atomic E-state index is 11.5. The first-order valence-electron chi connectivity index (χ1n) is 7.11. The van der Waals surface area contributed by atoms with Gasteiger partial charge in [0.2, 0.25) is 0 Å². The molecule has 0 spiro atoms. The van der Waals surface area contributed by atoms with Gasteiger partial charge in [0, 0.05) is 36.4 Å². The molecule has 0 fully saturated rings. The highest BCUT2D eigenvalue weighted by Crippen LogP contribution is 2.26. The van der Waals surface area contributed by atoms with E-state index in [0.29, 0.717) is 11.3 Å². The third-order valence-electron chi connectivity index (χ3n) is 3.42. The average Bonchev–Trinajstić information content (AvgIpc) is 2.54. The fourth-order valence-corrected chi connectivity index (χ4v) is 2.25. The summed E-state index contributed by atoms with van der Waals surface area (Å²) in [5.74, 6) is -0.0484. The SMILES string of the molecule is CC(=O)CC(Nc1ccc([N+](=O)[O-])cc1)c1ccc([N+](=O)[O-])cc1. The first-order chi connectivity index (χ1) is 11.4. The van der Waals surface area contributed by atoms with E-state index in [0.717, 1.165) is 0 Å². The van der Waals surface area contributed by atoms with Gasteiger partial charge in [0.25, 0.3) is 11.4 Å². The molecule has 0 amide bonds. The van der Waals surface area contributed by atoms with E-state index in [4.69, 9.17) is 0 Å². The summed E-state index contributed by atoms with van der Waals surface area (Å²) >= 11 is 0. The van der Waals surface area contributed by atoms with Gasteiger partial charge in [0.1, 0.15) is 5.78 Å². The van der Waals surface area contributed by atoms with E-state index in [-0.39, 0.29) is 29.6 Å². The van der Waals surface area contributed by atoms with Gasteiger partial charge in [-0.25, -0.2) is 0 Å². The van der Waals surface area contributed by atoms with Crippen molar-refractivity contribution >= 4 is 22.8 Å². The van der Waals surface area contributed by atoms with Gasteiger partial charge >= 0.3 is 0 Å². The number of nitrogens with one attached hydrogen (secondary N) is 1. The van der Waals surface area contributed by atoms with Gasteiger partial charge < -0.3 is 5.32 Å². The number of rotatable bonds is 7. The molecule has 2 aromatic rings. The summed E-state index contributed by atoms with van der Waals surface area (Å²) in [6, 6.07) is 11.4. The van der Waals surface area contributed by atoms with Crippen molar-refractivity contribution in [2.24, 2.45) is 0 Å². The Kier molecular flexibility index (Phi) is 5.20. The van der Waals surface area contributed by atoms with Crippen LogP contribution in [0, 0.1) is 20.2 Å². The zero-order valence-electron chi connectivity index (χ0n) is 12.8. The first-order valence-corrected chi connectivity index (χ1v) is 7.11. The summed E-state index contributed by atoms with van der Waals surface area (Å²) in [6.07, 6.45) is 0.189. The number of carbonyl (C=O) groups excluding carboxylic acids is 1. The van der Waals surface area contributed by atoms with Crippen molar-refractivity contribution in [2.45, 2.75) is 19.4 Å². The second kappa shape index (κ2) is 7.32. The number of non-ortho nitro benzene ring substituents is 2. The summed E-state index contributed by atoms with van der Waals surface area (Å²) < 4.78 is 0. The first kappa shape index (κ1) is 17.1. The molecule has 0 saturated carbocycles. The Morgan fingerprint density at radius 1 is 0.958 bits per heavy atom. The van der Waals surface area contributed by atoms with Crippen LogP contribution in [-0.4, -0.2) is 15.6 Å². The van der Waals surface area contributed by atoms with Crippen LogP contribution < -0.4 is 5.32 Å². The molecule has 0 heterocycles. The molecular formula is C16H15N3O5. The molecule has 2 rings (SSSR count). The van der Waals surface area contributed by atoms with Crippen molar-refractivity contribution in [3.05, 3.63) is 74.3 Å². The van der Waals surface area contributed by atoms with Crippen LogP contribution in [0.15, 0.2) is 48.5 Å². The molecule has 1 N–H and O–H groups in total. The number of Topliss-reactive ketones (excluding diaryl/α,β-unsaturated/α-hetero) is 1. The zero-order valence-corrected chi connectivity index (χ0v) is 12.8. The molecule has 0 saturated heterocycles. The highest BCUT2D eigenvalue weighted by Gasteiger charge is 2.16. The fraction of sp³-hybridized carbons (Fsp3) is 0.188. The summed E-state index contributed by atoms with van der Waals surface area (Å²) in [5, 5.41) is 24.5. The second-order valence-corrected chi connectivity index (χ2v) is 5.26. The Bertz CT molecular complexity index is 756. The molecule has 0 aromatic heterocycles. The highest BCUT2D eigenvalue weighted by atomic mass is 16.6. The van der Waals surface area contributed by atoms with Crippen molar-refractivity contribution in [1.29, 1.82) is 0 Å². The minimum absolute atomic E-state index is 0.0287. The van der Waals surface area contributed by atoms with E-state index in [1.807, 2.05) is 0 Å². The number of nitro benzene ring substituents is 2. The lowest BCUT2D eigenvalue weighted by molar-refractivity contribution is -0.385. The van der Waals surface area contributed by atoms with E-state index in [1.54, 1.807) is 24.3 Å². The minimum Gasteiger partial charge on any atom is -0.378 e. The Hall–Kier alpha value is -3.29. The lowest BCUT2D eigenvalue weighted by atomic mass is 10.0. The summed E-state index contributed by atoms with van der Waals surface area (Å²) in [5.41, 5.74) is 1.27. The molecule has 24 heavy (non-hydrogen) atoms. The molecule has 0 aliphatic carbocycles. The molecule has 0 bridgehead atoms. The lowest BCUT2D eigenvalue weighted by Crippen LogP contribution is -2.14. The zero-order chi connectivity index (χ0) is 17.7. The third kappa shape index (κ3) is 4.35. The van der Waals surface area contributed by atoms with E-state index in [2.05, 4.69) is 5.32 Å². The van der Waals surface area contributed by atoms with Crippen molar-refractivity contribution in [1.82, 2.24) is 0 Å². The van der Waals surface area contributed by atoms with Crippen LogP contribution in [0.3, 0.4) is 0 Å². The Labute approximate surface area is 137 Å². The number of nitro groups is 2. The van der Waals surface area contributed by atoms with Crippen molar-refractivity contribution < 1.29 is 14.6 Å². The van der Waals surface area contributed by atoms with E-state index < -0.39 is 9.85 Å². The Morgan fingerprint density at radius 2 is 1.42 bits per heavy atom. The molecule has 124 valence electrons. The number of benzene rings is 2. The number of ketones is 1. The molecule has 1 unspecified atom stereocenters. The van der Waals surface area contributed by atoms with Crippen molar-refractivity contribution in [3.8, 4) is 0 Å². The van der Waals surface area contributed by atoms with Gasteiger partial charge in [-0.3, -0.25) is 25.0 Å². The maximum atomic E-state index is 11.5. The van der Waals surface area contributed by atoms with E-state index in [9.17, 15) is 25.0 Å². The molecule has 1 atom stereocenters. The van der Waals surface area contributed by atoms with Crippen LogP contribution in [0.2, 0.25) is 0 Å². The van der Waals surface area contributed by atoms with Crippen LogP contribution >= 0.6 is 0 Å². The van der Waals surface area contributed by atoms with Crippen LogP contribution in [0.25, 0.3) is 0 Å². The topological polar surface area (TPSA) is 115 Å². The number of hydrogen-bond acceptors (Lipinski definition) is 6. The summed E-state index contributed by atoms with van der Waals surface area (Å²) in [4.78, 5) is 31.9. The maximum Gasteiger partial charge on any atom is 0.269 e. The van der Waals surface area contributed by atoms with Crippen LogP contribution in [0.1, 0.15) is 24.9 Å². The van der Waals surface area contributed by atoms with Crippen molar-refractivity contribution in [2.75, 3.05) is 5.32 Å². The van der Waals surface area contributed by atoms with Crippen molar-refractivity contribution in [3.63, 3.8) is 0 Å². The number of hydrogen-bond donors (Lipinski definition) is 1. The fourth-order valence-electron chi connectivity index (χ4n) is 2.25. The molecule has 0 radical (unpaired) electrons. The Balaban J connectivity index is 2.23. The number of carbonyl (C=O) groups is 1. The summed E-state index contributed by atoms with van der Waals surface area (Å²) in [6.45, 7) is 1.45. The summed E-state index contributed by atoms with van der Waals surface area (Å²) in [7, 11) is 0. The van der Waals surface area contributed by atoms with Crippen LogP contribution in [0.4, 0.5) is 17.1 Å². The van der Waals surface area contributed by atoms with Gasteiger partial charge in [-0.05, 0) is 24.6 Å². The van der Waals surface area contributed by atoms with Crippen LogP contribution in [0.5, 0.6) is 0 Å². The predicted molar refractivity (Wildman–Crippen MR) is 87.9 cm³/mol. The van der Waals surface area contributed by atoms with Crippen LogP contribution in [-0.2, 0) is 4.79 Å². The van der Waals surface area contributed by atoms with Gasteiger partial charge in [0.15, 0.2) is 0 Å². The Morgan fingerprint density at radius 3 is 1.83 bits per heavy atom. The number of anilines is 1. The lowest BCUT2D eigenvalue weighted by Gasteiger charge is -2.19. The smallest absolute Gasteiger partial charge is 0.269 e. The van der Waals surface area contributed by atoms with E-state index >= 15 is 0 Å². The standard InChI is InChI=1S/C16H15N3O5/c1-11(20)10-16(12-2-6-14(7-3-12)18(21)22)17-13-4-8-15(9-5-13)19(23)24/h2-9,16-17H,10H2,1H3. The molecule has 2 aromatic carbocycles. The largest absolute Gasteiger partial charge is 0.378 e. The molecule has 0 aliphatic heterocycles. The molecule has 8 heteroatoms. The molecular weight excluding hydrogens is 314 g/mol. The predicted octanol–water partition coefficient (Wildman–Crippen LogP) is 3.64. The third-order valence-corrected chi connectivity index (χ3v) is 3.42. The molecule has 0 aliphatic rings. The average molecular weight is 329 g/mol. The number of nitrogens with zero attached hydrogens (tertiary/aromatic N) is 2. The molecule has 8 nitrogen and oxygen atoms in total. The minimum atomic E-state index is -0.493.